The van der Waals surface area contributed by atoms with Crippen molar-refractivity contribution in [3.63, 3.8) is 0 Å². The molecule has 0 aromatic carbocycles. The summed E-state index contributed by atoms with van der Waals surface area (Å²) in [5, 5.41) is 0. The first kappa shape index (κ1) is 13.9. The molecule has 0 radical (unpaired) electrons. The van der Waals surface area contributed by atoms with E-state index >= 15 is 0 Å². The van der Waals surface area contributed by atoms with Gasteiger partial charge in [0.1, 0.15) is 0 Å². The monoisotopic (exact) mass is 227 g/mol. The van der Waals surface area contributed by atoms with Crippen molar-refractivity contribution in [3.8, 4) is 0 Å². The summed E-state index contributed by atoms with van der Waals surface area (Å²) in [6, 6.07) is 1.85. The molecule has 0 saturated heterocycles. The fraction of sp³-hybridized carbons (Fsp3) is 1.00. The molecule has 0 aliphatic heterocycles. The van der Waals surface area contributed by atoms with Gasteiger partial charge in [-0.3, -0.25) is 11.7 Å². The van der Waals surface area contributed by atoms with E-state index in [9.17, 15) is 0 Å². The van der Waals surface area contributed by atoms with Crippen LogP contribution in [0.4, 0.5) is 0 Å². The molecule has 0 spiro atoms. The molecule has 4 N–H and O–H groups in total. The van der Waals surface area contributed by atoms with E-state index in [0.29, 0.717) is 0 Å². The molecule has 0 bridgehead atoms. The minimum Gasteiger partial charge on any atom is -0.300 e. The highest BCUT2D eigenvalue weighted by atomic mass is 15.2. The van der Waals surface area contributed by atoms with Crippen LogP contribution >= 0.6 is 0 Å². The molecule has 2 aliphatic rings. The van der Waals surface area contributed by atoms with E-state index in [1.165, 1.54) is 64.2 Å². The minimum absolute atomic E-state index is 0.923. The molecule has 0 heterocycles. The average molecular weight is 227 g/mol. The number of nitrogens with two attached hydrogens (primary N) is 2. The smallest absolute Gasteiger partial charge is 0.00951 e. The normalized spacial score (nSPS) is 24.0. The Morgan fingerprint density at radius 2 is 1.00 bits per heavy atom. The van der Waals surface area contributed by atoms with Crippen molar-refractivity contribution in [1.29, 1.82) is 0 Å². The molecule has 0 aromatic rings. The van der Waals surface area contributed by atoms with Crippen molar-refractivity contribution in [2.45, 2.75) is 76.3 Å². The number of hydrogen-bond acceptors (Lipinski definition) is 3. The highest BCUT2D eigenvalue weighted by Crippen LogP contribution is 2.28. The van der Waals surface area contributed by atoms with Gasteiger partial charge in [0, 0.05) is 12.1 Å². The third-order valence-corrected chi connectivity index (χ3v) is 4.30. The van der Waals surface area contributed by atoms with Gasteiger partial charge in [0.2, 0.25) is 0 Å². The van der Waals surface area contributed by atoms with Crippen LogP contribution in [0.5, 0.6) is 0 Å². The van der Waals surface area contributed by atoms with Crippen LogP contribution in [-0.2, 0) is 0 Å². The van der Waals surface area contributed by atoms with E-state index in [1.807, 2.05) is 0 Å². The van der Waals surface area contributed by atoms with Crippen molar-refractivity contribution in [2.24, 2.45) is 11.7 Å². The van der Waals surface area contributed by atoms with Gasteiger partial charge in [-0.2, -0.15) is 0 Å². The summed E-state index contributed by atoms with van der Waals surface area (Å²) in [4.78, 5) is 2.72. The van der Waals surface area contributed by atoms with Gasteiger partial charge in [0.15, 0.2) is 0 Å². The van der Waals surface area contributed by atoms with Gasteiger partial charge in [-0.25, -0.2) is 0 Å². The van der Waals surface area contributed by atoms with Crippen molar-refractivity contribution >= 4 is 0 Å². The van der Waals surface area contributed by atoms with Crippen LogP contribution in [0.1, 0.15) is 64.2 Å². The highest BCUT2D eigenvalue weighted by Gasteiger charge is 2.25. The fourth-order valence-electron chi connectivity index (χ4n) is 3.27. The second kappa shape index (κ2) is 8.04. The van der Waals surface area contributed by atoms with E-state index < -0.39 is 0 Å². The van der Waals surface area contributed by atoms with E-state index in [0.717, 1.165) is 12.1 Å². The molecule has 96 valence electrons. The first-order valence-corrected chi connectivity index (χ1v) is 6.93. The van der Waals surface area contributed by atoms with Crippen LogP contribution in [0, 0.1) is 0 Å². The van der Waals surface area contributed by atoms with Gasteiger partial charge in [-0.05, 0) is 32.7 Å². The topological polar surface area (TPSA) is 55.3 Å². The summed E-state index contributed by atoms with van der Waals surface area (Å²) in [5.74, 6) is 8.00. The Kier molecular flexibility index (Phi) is 7.01. The molecule has 16 heavy (non-hydrogen) atoms. The molecule has 0 unspecified atom stereocenters. The van der Waals surface area contributed by atoms with Crippen molar-refractivity contribution in [1.82, 2.24) is 4.90 Å². The third-order valence-electron chi connectivity index (χ3n) is 4.30. The zero-order chi connectivity index (χ0) is 11.8. The average Bonchev–Trinajstić information content (AvgIpc) is 2.42. The van der Waals surface area contributed by atoms with Crippen molar-refractivity contribution < 1.29 is 0 Å². The summed E-state index contributed by atoms with van der Waals surface area (Å²) in [7, 11) is 2.38. The van der Waals surface area contributed by atoms with Gasteiger partial charge in [-0.1, -0.05) is 38.5 Å². The Bertz CT molecular complexity index is 143. The SMILES string of the molecule is CN(C1CCCCC1)C1CCCCC1.NN. The predicted molar refractivity (Wildman–Crippen MR) is 69.9 cm³/mol. The lowest BCUT2D eigenvalue weighted by Crippen LogP contribution is -2.42. The number of hydrazine groups is 1. The zero-order valence-corrected chi connectivity index (χ0v) is 10.8. The summed E-state index contributed by atoms with van der Waals surface area (Å²) >= 11 is 0. The van der Waals surface area contributed by atoms with Crippen LogP contribution in [0.25, 0.3) is 0 Å². The first-order valence-electron chi connectivity index (χ1n) is 6.93. The Morgan fingerprint density at radius 1 is 0.688 bits per heavy atom. The molecular formula is C13H29N3. The molecule has 2 fully saturated rings. The molecule has 0 amide bonds. The van der Waals surface area contributed by atoms with Gasteiger partial charge < -0.3 is 4.90 Å². The highest BCUT2D eigenvalue weighted by molar-refractivity contribution is 4.81. The van der Waals surface area contributed by atoms with Crippen LogP contribution in [0.15, 0.2) is 0 Å². The van der Waals surface area contributed by atoms with Gasteiger partial charge in [-0.15, -0.1) is 0 Å². The number of nitrogens with zero attached hydrogens (tertiary/aromatic N) is 1. The Balaban J connectivity index is 0.000000606. The van der Waals surface area contributed by atoms with Gasteiger partial charge >= 0.3 is 0 Å². The molecule has 2 aliphatic carbocycles. The maximum absolute atomic E-state index is 4.00. The molecule has 0 aromatic heterocycles. The Labute approximate surface area is 101 Å². The predicted octanol–water partition coefficient (Wildman–Crippen LogP) is 2.40. The van der Waals surface area contributed by atoms with E-state index in [1.54, 1.807) is 0 Å². The van der Waals surface area contributed by atoms with Gasteiger partial charge in [0.05, 0.1) is 0 Å². The Morgan fingerprint density at radius 3 is 1.31 bits per heavy atom. The molecule has 2 saturated carbocycles. The maximum Gasteiger partial charge on any atom is 0.00951 e. The van der Waals surface area contributed by atoms with E-state index in [2.05, 4.69) is 23.6 Å². The second-order valence-corrected chi connectivity index (χ2v) is 5.25. The first-order chi connectivity index (χ1) is 7.88. The van der Waals surface area contributed by atoms with E-state index in [4.69, 9.17) is 0 Å². The third kappa shape index (κ3) is 4.04. The zero-order valence-electron chi connectivity index (χ0n) is 10.8. The van der Waals surface area contributed by atoms with Gasteiger partial charge in [0.25, 0.3) is 0 Å². The Hall–Kier alpha value is -0.120. The lowest BCUT2D eigenvalue weighted by Gasteiger charge is -2.39. The maximum atomic E-state index is 4.00. The van der Waals surface area contributed by atoms with Crippen LogP contribution < -0.4 is 11.7 Å². The van der Waals surface area contributed by atoms with Crippen molar-refractivity contribution in [2.75, 3.05) is 7.05 Å². The van der Waals surface area contributed by atoms with E-state index in [-0.39, 0.29) is 0 Å². The molecule has 3 nitrogen and oxygen atoms in total. The molecule has 0 atom stereocenters. The van der Waals surface area contributed by atoms with Crippen LogP contribution in [-0.4, -0.2) is 24.0 Å². The summed E-state index contributed by atoms with van der Waals surface area (Å²) in [6.45, 7) is 0. The number of hydrogen-bond donors (Lipinski definition) is 2. The summed E-state index contributed by atoms with van der Waals surface area (Å²) in [5.41, 5.74) is 0. The molecule has 3 heteroatoms. The standard InChI is InChI=1S/C13H25N.H4N2/c1-14(12-8-4-2-5-9-12)13-10-6-3-7-11-13;1-2/h12-13H,2-11H2,1H3;1-2H2. The summed E-state index contributed by atoms with van der Waals surface area (Å²) in [6.07, 6.45) is 14.7. The minimum atomic E-state index is 0.923. The largest absolute Gasteiger partial charge is 0.300 e. The summed E-state index contributed by atoms with van der Waals surface area (Å²) < 4.78 is 0. The quantitative estimate of drug-likeness (QED) is 0.562. The molecular weight excluding hydrogens is 198 g/mol. The van der Waals surface area contributed by atoms with Crippen LogP contribution in [0.3, 0.4) is 0 Å². The van der Waals surface area contributed by atoms with Crippen molar-refractivity contribution in [3.05, 3.63) is 0 Å². The fourth-order valence-corrected chi connectivity index (χ4v) is 3.27. The lowest BCUT2D eigenvalue weighted by molar-refractivity contribution is 0.111. The second-order valence-electron chi connectivity index (χ2n) is 5.25. The van der Waals surface area contributed by atoms with Crippen LogP contribution in [0.2, 0.25) is 0 Å². The number of rotatable bonds is 2. The molecule has 2 rings (SSSR count). The lowest BCUT2D eigenvalue weighted by atomic mass is 9.89.